The Morgan fingerprint density at radius 3 is 1.43 bits per heavy atom. The lowest BCUT2D eigenvalue weighted by Gasteiger charge is -2.01. The molecule has 0 radical (unpaired) electrons. The number of ketones is 2. The summed E-state index contributed by atoms with van der Waals surface area (Å²) in [6.07, 6.45) is 0.773. The minimum absolute atomic E-state index is 0.0301. The molecule has 4 aromatic rings. The van der Waals surface area contributed by atoms with Gasteiger partial charge in [0.05, 0.1) is 6.61 Å². The van der Waals surface area contributed by atoms with Gasteiger partial charge in [-0.2, -0.15) is 0 Å². The van der Waals surface area contributed by atoms with E-state index in [0.29, 0.717) is 11.1 Å². The van der Waals surface area contributed by atoms with Crippen LogP contribution in [0.1, 0.15) is 83.9 Å². The number of carbonyl (C=O) groups is 3. The molecule has 0 atom stereocenters. The number of aliphatic hydroxyl groups excluding tert-OH is 1. The average molecular weight is 571 g/mol. The van der Waals surface area contributed by atoms with Crippen LogP contribution in [0.4, 0.5) is 0 Å². The first-order valence-corrected chi connectivity index (χ1v) is 13.5. The van der Waals surface area contributed by atoms with Crippen molar-refractivity contribution in [2.45, 2.75) is 62.0 Å². The summed E-state index contributed by atoms with van der Waals surface area (Å²) in [4.78, 5) is 32.1. The molecular formula is C36H42O6. The molecule has 6 nitrogen and oxygen atoms in total. The number of benzene rings is 4. The van der Waals surface area contributed by atoms with Crippen molar-refractivity contribution in [2.75, 3.05) is 0 Å². The van der Waals surface area contributed by atoms with Crippen LogP contribution in [-0.2, 0) is 6.61 Å². The van der Waals surface area contributed by atoms with Crippen molar-refractivity contribution in [3.63, 3.8) is 0 Å². The molecule has 0 aromatic heterocycles. The first kappa shape index (κ1) is 35.5. The number of aliphatic hydroxyl groups is 1. The molecule has 0 spiro atoms. The normalized spacial score (nSPS) is 9.64. The summed E-state index contributed by atoms with van der Waals surface area (Å²) in [5, 5.41) is 26.7. The van der Waals surface area contributed by atoms with Crippen molar-refractivity contribution < 1.29 is 29.7 Å². The molecule has 6 heteroatoms. The molecule has 0 bridgehead atoms. The van der Waals surface area contributed by atoms with Gasteiger partial charge in [0.25, 0.3) is 0 Å². The van der Waals surface area contributed by atoms with E-state index in [1.165, 1.54) is 35.7 Å². The van der Waals surface area contributed by atoms with Gasteiger partial charge in [0, 0.05) is 16.7 Å². The number of rotatable bonds is 4. The second-order valence-corrected chi connectivity index (χ2v) is 10.2. The van der Waals surface area contributed by atoms with Crippen molar-refractivity contribution in [1.82, 2.24) is 0 Å². The number of aldehydes is 1. The molecule has 0 aliphatic rings. The summed E-state index contributed by atoms with van der Waals surface area (Å²) < 4.78 is 0. The highest BCUT2D eigenvalue weighted by atomic mass is 16.3. The number of hydrogen-bond donors (Lipinski definition) is 3. The average Bonchev–Trinajstić information content (AvgIpc) is 2.89. The van der Waals surface area contributed by atoms with E-state index in [2.05, 4.69) is 6.07 Å². The molecule has 0 amide bonds. The van der Waals surface area contributed by atoms with E-state index in [-0.39, 0.29) is 29.7 Å². The fourth-order valence-corrected chi connectivity index (χ4v) is 4.07. The lowest BCUT2D eigenvalue weighted by atomic mass is 10.0. The highest BCUT2D eigenvalue weighted by molar-refractivity contribution is 5.96. The van der Waals surface area contributed by atoms with Crippen LogP contribution in [-0.4, -0.2) is 33.2 Å². The maximum absolute atomic E-state index is 11.0. The van der Waals surface area contributed by atoms with E-state index in [1.54, 1.807) is 45.0 Å². The molecule has 0 fully saturated rings. The third kappa shape index (κ3) is 11.9. The third-order valence-corrected chi connectivity index (χ3v) is 6.40. The van der Waals surface area contributed by atoms with Crippen LogP contribution in [0.3, 0.4) is 0 Å². The van der Waals surface area contributed by atoms with Crippen LogP contribution in [0.2, 0.25) is 0 Å². The number of phenolic OH excluding ortho intramolecular Hbond substituents is 2. The summed E-state index contributed by atoms with van der Waals surface area (Å²) in [6, 6.07) is 21.3. The summed E-state index contributed by atoms with van der Waals surface area (Å²) in [6.45, 7) is 14.9. The number of aryl methyl sites for hydroxylation is 6. The zero-order valence-electron chi connectivity index (χ0n) is 25.8. The second-order valence-electron chi connectivity index (χ2n) is 10.2. The monoisotopic (exact) mass is 570 g/mol. The van der Waals surface area contributed by atoms with E-state index in [0.717, 1.165) is 34.1 Å². The lowest BCUT2D eigenvalue weighted by Crippen LogP contribution is -1.95. The molecule has 0 unspecified atom stereocenters. The predicted octanol–water partition coefficient (Wildman–Crippen LogP) is 7.72. The van der Waals surface area contributed by atoms with Gasteiger partial charge in [0.1, 0.15) is 17.8 Å². The minimum Gasteiger partial charge on any atom is -0.508 e. The number of Topliss-reactive ketones (excluding diaryl/α,β-unsaturated/α-hetero) is 2. The Kier molecular flexibility index (Phi) is 14.6. The summed E-state index contributed by atoms with van der Waals surface area (Å²) >= 11 is 0. The van der Waals surface area contributed by atoms with Gasteiger partial charge in [-0.15, -0.1) is 0 Å². The van der Waals surface area contributed by atoms with Gasteiger partial charge in [-0.3, -0.25) is 14.4 Å². The van der Waals surface area contributed by atoms with Crippen LogP contribution in [0.5, 0.6) is 11.5 Å². The van der Waals surface area contributed by atoms with E-state index in [4.69, 9.17) is 15.3 Å². The van der Waals surface area contributed by atoms with Gasteiger partial charge in [0.15, 0.2) is 11.6 Å². The standard InChI is InChI=1S/C10H12O.C9H10O2.C9H12O.C8H8O2/c1-7-4-5-10(9(3)11)8(2)6-7;1-6-5-8(11)3-4-9(6)7(2)10;1-7-3-4-9(6-10)8(2)5-7;1-6-4-8(10)3-2-7(6)5-9/h4-6H,1-3H3;3-5,11H,1-2H3;3-5,10H,6H2,1-2H3;2-5,10H,1H3. The zero-order valence-corrected chi connectivity index (χ0v) is 25.8. The minimum atomic E-state index is 0.0301. The first-order chi connectivity index (χ1) is 19.7. The molecule has 4 rings (SSSR count). The Balaban J connectivity index is 0.000000280. The SMILES string of the molecule is CC(=O)c1ccc(C)cc1C.CC(=O)c1ccc(O)cc1C.Cc1cc(O)ccc1C=O.Cc1ccc(CO)c(C)c1. The fraction of sp³-hybridized carbons (Fsp3) is 0.250. The van der Waals surface area contributed by atoms with Gasteiger partial charge in [-0.05, 0) is 120 Å². The van der Waals surface area contributed by atoms with Crippen molar-refractivity contribution in [2.24, 2.45) is 0 Å². The van der Waals surface area contributed by atoms with Gasteiger partial charge < -0.3 is 15.3 Å². The van der Waals surface area contributed by atoms with Crippen molar-refractivity contribution >= 4 is 17.9 Å². The third-order valence-electron chi connectivity index (χ3n) is 6.40. The van der Waals surface area contributed by atoms with Crippen LogP contribution < -0.4 is 0 Å². The van der Waals surface area contributed by atoms with Crippen LogP contribution in [0.15, 0.2) is 72.8 Å². The van der Waals surface area contributed by atoms with E-state index < -0.39 is 0 Å². The Hall–Kier alpha value is -4.55. The molecule has 0 saturated heterocycles. The number of phenols is 2. The summed E-state index contributed by atoms with van der Waals surface area (Å²) in [5.74, 6) is 0.570. The molecule has 0 aliphatic carbocycles. The second kappa shape index (κ2) is 17.3. The maximum atomic E-state index is 11.0. The van der Waals surface area contributed by atoms with E-state index >= 15 is 0 Å². The molecule has 3 N–H and O–H groups in total. The van der Waals surface area contributed by atoms with Crippen molar-refractivity contribution in [1.29, 1.82) is 0 Å². The van der Waals surface area contributed by atoms with E-state index in [1.807, 2.05) is 58.0 Å². The highest BCUT2D eigenvalue weighted by Crippen LogP contribution is 2.16. The Bertz CT molecular complexity index is 1460. The number of aromatic hydroxyl groups is 2. The largest absolute Gasteiger partial charge is 0.508 e. The molecule has 4 aromatic carbocycles. The van der Waals surface area contributed by atoms with Gasteiger partial charge >= 0.3 is 0 Å². The molecule has 0 saturated carbocycles. The topological polar surface area (TPSA) is 112 Å². The number of hydrogen-bond acceptors (Lipinski definition) is 6. The molecular weight excluding hydrogens is 528 g/mol. The highest BCUT2D eigenvalue weighted by Gasteiger charge is 2.03. The Labute approximate surface area is 249 Å². The molecule has 42 heavy (non-hydrogen) atoms. The maximum Gasteiger partial charge on any atom is 0.160 e. The van der Waals surface area contributed by atoms with Crippen LogP contribution in [0.25, 0.3) is 0 Å². The fourth-order valence-electron chi connectivity index (χ4n) is 4.07. The first-order valence-electron chi connectivity index (χ1n) is 13.5. The molecule has 222 valence electrons. The van der Waals surface area contributed by atoms with Gasteiger partial charge in [-0.25, -0.2) is 0 Å². The zero-order chi connectivity index (χ0) is 32.0. The Morgan fingerprint density at radius 1 is 0.595 bits per heavy atom. The summed E-state index contributed by atoms with van der Waals surface area (Å²) in [5.41, 5.74) is 9.44. The van der Waals surface area contributed by atoms with Crippen molar-refractivity contribution in [3.05, 3.63) is 128 Å². The number of carbonyl (C=O) groups excluding carboxylic acids is 3. The van der Waals surface area contributed by atoms with E-state index in [9.17, 15) is 14.4 Å². The molecule has 0 aliphatic heterocycles. The Morgan fingerprint density at radius 2 is 1.02 bits per heavy atom. The van der Waals surface area contributed by atoms with Crippen LogP contribution in [0, 0.1) is 41.5 Å². The lowest BCUT2D eigenvalue weighted by molar-refractivity contribution is 0.100. The smallest absolute Gasteiger partial charge is 0.160 e. The van der Waals surface area contributed by atoms with Gasteiger partial charge in [0.2, 0.25) is 0 Å². The van der Waals surface area contributed by atoms with Crippen LogP contribution >= 0.6 is 0 Å². The predicted molar refractivity (Wildman–Crippen MR) is 169 cm³/mol. The van der Waals surface area contributed by atoms with Crippen molar-refractivity contribution in [3.8, 4) is 11.5 Å². The summed E-state index contributed by atoms with van der Waals surface area (Å²) in [7, 11) is 0. The van der Waals surface area contributed by atoms with Gasteiger partial charge in [-0.1, -0.05) is 47.5 Å². The quantitative estimate of drug-likeness (QED) is 0.171. The molecule has 0 heterocycles.